The molecule has 0 saturated carbocycles. The van der Waals surface area contributed by atoms with Crippen molar-refractivity contribution in [2.24, 2.45) is 0 Å². The molecule has 0 unspecified atom stereocenters. The number of hydrogen-bond donors (Lipinski definition) is 1. The van der Waals surface area contributed by atoms with E-state index in [1.807, 2.05) is 20.8 Å². The summed E-state index contributed by atoms with van der Waals surface area (Å²) in [6, 6.07) is 11.8. The monoisotopic (exact) mass is 387 g/mol. The molecular weight excluding hydrogens is 362 g/mol. The largest absolute Gasteiger partial charge is 0.493 e. The van der Waals surface area contributed by atoms with Gasteiger partial charge < -0.3 is 24.3 Å². The topological polar surface area (TPSA) is 83.1 Å². The predicted octanol–water partition coefficient (Wildman–Crippen LogP) is 3.68. The summed E-state index contributed by atoms with van der Waals surface area (Å²) >= 11 is 0. The molecule has 0 aliphatic carbocycles. The standard InChI is InChI=1S/C21H25NO6/c1-4-25-17-10-8-7-9-16(17)21(24)28-14-20(23)22-15-11-12-18(26-5-2)19(13-15)27-6-3/h7-13H,4-6,14H2,1-3H3,(H,22,23). The second-order valence-electron chi connectivity index (χ2n) is 5.58. The van der Waals surface area contributed by atoms with Crippen LogP contribution in [0.5, 0.6) is 17.2 Å². The van der Waals surface area contributed by atoms with E-state index in [0.29, 0.717) is 42.8 Å². The molecule has 0 fully saturated rings. The van der Waals surface area contributed by atoms with Gasteiger partial charge in [0.1, 0.15) is 11.3 Å². The fraction of sp³-hybridized carbons (Fsp3) is 0.333. The third kappa shape index (κ3) is 5.90. The molecule has 2 aromatic rings. The van der Waals surface area contributed by atoms with Crippen molar-refractivity contribution in [3.8, 4) is 17.2 Å². The van der Waals surface area contributed by atoms with Crippen LogP contribution in [-0.4, -0.2) is 38.3 Å². The quantitative estimate of drug-likeness (QED) is 0.626. The van der Waals surface area contributed by atoms with E-state index in [0.717, 1.165) is 0 Å². The first-order chi connectivity index (χ1) is 13.6. The zero-order chi connectivity index (χ0) is 20.4. The van der Waals surface area contributed by atoms with Crippen LogP contribution >= 0.6 is 0 Å². The zero-order valence-corrected chi connectivity index (χ0v) is 16.3. The molecule has 28 heavy (non-hydrogen) atoms. The van der Waals surface area contributed by atoms with Crippen molar-refractivity contribution in [3.63, 3.8) is 0 Å². The van der Waals surface area contributed by atoms with E-state index in [2.05, 4.69) is 5.32 Å². The highest BCUT2D eigenvalue weighted by Crippen LogP contribution is 2.30. The molecule has 7 heteroatoms. The maximum atomic E-state index is 12.2. The number of para-hydroxylation sites is 1. The van der Waals surface area contributed by atoms with Gasteiger partial charge in [-0.05, 0) is 45.0 Å². The third-order valence-corrected chi connectivity index (χ3v) is 3.57. The number of nitrogens with one attached hydrogen (secondary N) is 1. The lowest BCUT2D eigenvalue weighted by molar-refractivity contribution is -0.119. The Labute approximate surface area is 164 Å². The highest BCUT2D eigenvalue weighted by Gasteiger charge is 2.15. The van der Waals surface area contributed by atoms with Crippen LogP contribution in [0, 0.1) is 0 Å². The molecule has 150 valence electrons. The van der Waals surface area contributed by atoms with Crippen LogP contribution in [0.15, 0.2) is 42.5 Å². The van der Waals surface area contributed by atoms with Gasteiger partial charge in [0.15, 0.2) is 18.1 Å². The molecule has 0 atom stereocenters. The van der Waals surface area contributed by atoms with Crippen LogP contribution in [0.4, 0.5) is 5.69 Å². The molecule has 2 rings (SSSR count). The van der Waals surface area contributed by atoms with Crippen molar-refractivity contribution in [2.75, 3.05) is 31.7 Å². The molecule has 1 N–H and O–H groups in total. The van der Waals surface area contributed by atoms with E-state index in [4.69, 9.17) is 18.9 Å². The van der Waals surface area contributed by atoms with Crippen molar-refractivity contribution in [1.82, 2.24) is 0 Å². The van der Waals surface area contributed by atoms with Gasteiger partial charge >= 0.3 is 5.97 Å². The molecular formula is C21H25NO6. The molecule has 0 aromatic heterocycles. The van der Waals surface area contributed by atoms with Crippen LogP contribution in [-0.2, 0) is 9.53 Å². The van der Waals surface area contributed by atoms with Crippen molar-refractivity contribution in [2.45, 2.75) is 20.8 Å². The number of amides is 1. The highest BCUT2D eigenvalue weighted by atomic mass is 16.5. The Balaban J connectivity index is 1.97. The summed E-state index contributed by atoms with van der Waals surface area (Å²) in [5.41, 5.74) is 0.791. The van der Waals surface area contributed by atoms with Crippen molar-refractivity contribution >= 4 is 17.6 Å². The van der Waals surface area contributed by atoms with E-state index < -0.39 is 18.5 Å². The van der Waals surface area contributed by atoms with Gasteiger partial charge in [-0.3, -0.25) is 4.79 Å². The van der Waals surface area contributed by atoms with Gasteiger partial charge in [-0.15, -0.1) is 0 Å². The van der Waals surface area contributed by atoms with E-state index in [1.165, 1.54) is 0 Å². The number of ether oxygens (including phenoxy) is 4. The van der Waals surface area contributed by atoms with E-state index >= 15 is 0 Å². The summed E-state index contributed by atoms with van der Waals surface area (Å²) in [4.78, 5) is 24.4. The van der Waals surface area contributed by atoms with Crippen molar-refractivity contribution in [3.05, 3.63) is 48.0 Å². The summed E-state index contributed by atoms with van der Waals surface area (Å²) in [6.07, 6.45) is 0. The van der Waals surface area contributed by atoms with Gasteiger partial charge in [-0.25, -0.2) is 4.79 Å². The number of esters is 1. The second-order valence-corrected chi connectivity index (χ2v) is 5.58. The zero-order valence-electron chi connectivity index (χ0n) is 16.3. The van der Waals surface area contributed by atoms with Gasteiger partial charge in [-0.2, -0.15) is 0 Å². The Morgan fingerprint density at radius 2 is 1.46 bits per heavy atom. The number of rotatable bonds is 10. The van der Waals surface area contributed by atoms with Crippen LogP contribution in [0.3, 0.4) is 0 Å². The molecule has 1 amide bonds. The van der Waals surface area contributed by atoms with Crippen LogP contribution in [0.2, 0.25) is 0 Å². The van der Waals surface area contributed by atoms with Crippen LogP contribution in [0.1, 0.15) is 31.1 Å². The van der Waals surface area contributed by atoms with E-state index in [1.54, 1.807) is 42.5 Å². The Hall–Kier alpha value is -3.22. The Kier molecular flexibility index (Phi) is 8.14. The lowest BCUT2D eigenvalue weighted by atomic mass is 10.2. The molecule has 7 nitrogen and oxygen atoms in total. The molecule has 0 saturated heterocycles. The fourth-order valence-corrected chi connectivity index (χ4v) is 2.45. The van der Waals surface area contributed by atoms with Crippen molar-refractivity contribution < 1.29 is 28.5 Å². The van der Waals surface area contributed by atoms with Gasteiger partial charge in [0.25, 0.3) is 5.91 Å². The first kappa shape index (κ1) is 21.1. The van der Waals surface area contributed by atoms with Crippen molar-refractivity contribution in [1.29, 1.82) is 0 Å². The molecule has 0 aliphatic rings. The number of anilines is 1. The number of benzene rings is 2. The first-order valence-corrected chi connectivity index (χ1v) is 9.17. The minimum atomic E-state index is -0.624. The second kappa shape index (κ2) is 10.8. The van der Waals surface area contributed by atoms with Gasteiger partial charge in [-0.1, -0.05) is 12.1 Å². The summed E-state index contributed by atoms with van der Waals surface area (Å²) < 4.78 is 21.5. The van der Waals surface area contributed by atoms with Crippen LogP contribution in [0.25, 0.3) is 0 Å². The summed E-state index contributed by atoms with van der Waals surface area (Å²) in [5.74, 6) is 0.462. The van der Waals surface area contributed by atoms with Gasteiger partial charge in [0.2, 0.25) is 0 Å². The minimum Gasteiger partial charge on any atom is -0.493 e. The molecule has 0 spiro atoms. The minimum absolute atomic E-state index is 0.275. The average Bonchev–Trinajstić information content (AvgIpc) is 2.69. The Morgan fingerprint density at radius 1 is 0.821 bits per heavy atom. The lowest BCUT2D eigenvalue weighted by Crippen LogP contribution is -2.21. The highest BCUT2D eigenvalue weighted by molar-refractivity contribution is 5.96. The van der Waals surface area contributed by atoms with E-state index in [9.17, 15) is 9.59 Å². The fourth-order valence-electron chi connectivity index (χ4n) is 2.45. The maximum absolute atomic E-state index is 12.2. The molecule has 0 bridgehead atoms. The molecule has 2 aromatic carbocycles. The lowest BCUT2D eigenvalue weighted by Gasteiger charge is -2.13. The Morgan fingerprint density at radius 3 is 2.18 bits per heavy atom. The smallest absolute Gasteiger partial charge is 0.342 e. The molecule has 0 aliphatic heterocycles. The van der Waals surface area contributed by atoms with Gasteiger partial charge in [0.05, 0.1) is 19.8 Å². The summed E-state index contributed by atoms with van der Waals surface area (Å²) in [6.45, 7) is 6.54. The number of hydrogen-bond acceptors (Lipinski definition) is 6. The third-order valence-electron chi connectivity index (χ3n) is 3.57. The maximum Gasteiger partial charge on any atom is 0.342 e. The SMILES string of the molecule is CCOc1ccc(NC(=O)COC(=O)c2ccccc2OCC)cc1OCC. The molecule has 0 heterocycles. The molecule has 0 radical (unpaired) electrons. The summed E-state index contributed by atoms with van der Waals surface area (Å²) in [7, 11) is 0. The normalized spacial score (nSPS) is 10.1. The van der Waals surface area contributed by atoms with Crippen LogP contribution < -0.4 is 19.5 Å². The number of carbonyl (C=O) groups is 2. The summed E-state index contributed by atoms with van der Waals surface area (Å²) in [5, 5.41) is 2.67. The Bertz CT molecular complexity index is 805. The van der Waals surface area contributed by atoms with E-state index in [-0.39, 0.29) is 5.56 Å². The van der Waals surface area contributed by atoms with Gasteiger partial charge in [0, 0.05) is 11.8 Å². The predicted molar refractivity (Wildman–Crippen MR) is 105 cm³/mol. The first-order valence-electron chi connectivity index (χ1n) is 9.17. The number of carbonyl (C=O) groups excluding carboxylic acids is 2. The average molecular weight is 387 g/mol.